The van der Waals surface area contributed by atoms with Gasteiger partial charge in [-0.15, -0.1) is 0 Å². The van der Waals surface area contributed by atoms with Crippen molar-refractivity contribution in [3.63, 3.8) is 0 Å². The molecule has 0 amide bonds. The summed E-state index contributed by atoms with van der Waals surface area (Å²) in [6.45, 7) is 5.31. The summed E-state index contributed by atoms with van der Waals surface area (Å²) in [6.07, 6.45) is 7.10. The van der Waals surface area contributed by atoms with Crippen LogP contribution in [0.5, 0.6) is 0 Å². The van der Waals surface area contributed by atoms with Gasteiger partial charge in [0.15, 0.2) is 5.82 Å². The van der Waals surface area contributed by atoms with Crippen LogP contribution in [0.3, 0.4) is 0 Å². The fourth-order valence-electron chi connectivity index (χ4n) is 4.86. The van der Waals surface area contributed by atoms with Gasteiger partial charge >= 0.3 is 0 Å². The predicted octanol–water partition coefficient (Wildman–Crippen LogP) is 2.00. The average molecular weight is 446 g/mol. The van der Waals surface area contributed by atoms with E-state index < -0.39 is 0 Å². The topological polar surface area (TPSA) is 111 Å². The lowest BCUT2D eigenvalue weighted by atomic mass is 10.1. The molecule has 4 aromatic heterocycles. The minimum absolute atomic E-state index is 0.299. The zero-order valence-electron chi connectivity index (χ0n) is 18.4. The Morgan fingerprint density at radius 3 is 2.67 bits per heavy atom. The maximum absolute atomic E-state index is 6.38. The molecule has 0 aliphatic carbocycles. The molecule has 10 nitrogen and oxygen atoms in total. The second kappa shape index (κ2) is 8.45. The molecule has 3 N–H and O–H groups in total. The molecule has 0 bridgehead atoms. The number of nitrogens with two attached hydrogens (primary N) is 1. The monoisotopic (exact) mass is 445 g/mol. The Morgan fingerprint density at radius 1 is 0.970 bits per heavy atom. The highest BCUT2D eigenvalue weighted by Gasteiger charge is 2.24. The number of piperazine rings is 1. The smallest absolute Gasteiger partial charge is 0.152 e. The minimum atomic E-state index is 0.299. The summed E-state index contributed by atoms with van der Waals surface area (Å²) in [7, 11) is 0. The van der Waals surface area contributed by atoms with Gasteiger partial charge in [0.05, 0.1) is 17.4 Å². The lowest BCUT2D eigenvalue weighted by molar-refractivity contribution is 0.0667. The maximum Gasteiger partial charge on any atom is 0.152 e. The Balaban J connectivity index is 1.47. The molecule has 6 rings (SSSR count). The standard InChI is InChI=1S/C23H27N9O/c24-23-22-18(19-2-6-28-31(19)17-3-11-33-12-4-17)14-20(32(22)29-15-27-23)16-1-5-26-21(13-16)30-9-7-25-8-10-30/h1-2,5-6,13-15,17,25H,3-4,7-12H2,(H2,24,27,29). The molecule has 4 aromatic rings. The number of nitrogens with zero attached hydrogens (tertiary/aromatic N) is 7. The van der Waals surface area contributed by atoms with E-state index in [1.165, 1.54) is 6.33 Å². The van der Waals surface area contributed by atoms with Crippen LogP contribution in [-0.4, -0.2) is 68.8 Å². The van der Waals surface area contributed by atoms with E-state index in [1.807, 2.05) is 29.0 Å². The van der Waals surface area contributed by atoms with E-state index in [4.69, 9.17) is 10.5 Å². The Hall–Kier alpha value is -3.50. The third kappa shape index (κ3) is 3.61. The molecule has 0 radical (unpaired) electrons. The molecule has 0 aromatic carbocycles. The van der Waals surface area contributed by atoms with Crippen LogP contribution in [0.4, 0.5) is 11.6 Å². The van der Waals surface area contributed by atoms with Crippen molar-refractivity contribution < 1.29 is 4.74 Å². The molecule has 0 unspecified atom stereocenters. The number of ether oxygens (including phenoxy) is 1. The van der Waals surface area contributed by atoms with Crippen LogP contribution >= 0.6 is 0 Å². The molecular formula is C23H27N9O. The first-order chi connectivity index (χ1) is 16.3. The highest BCUT2D eigenvalue weighted by atomic mass is 16.5. The van der Waals surface area contributed by atoms with Crippen LogP contribution in [0.15, 0.2) is 43.0 Å². The molecule has 2 fully saturated rings. The average Bonchev–Trinajstić information content (AvgIpc) is 3.51. The summed E-state index contributed by atoms with van der Waals surface area (Å²) < 4.78 is 9.55. The Bertz CT molecular complexity index is 1270. The Kier molecular flexibility index (Phi) is 5.16. The molecule has 2 aliphatic heterocycles. The number of nitrogens with one attached hydrogen (secondary N) is 1. The van der Waals surface area contributed by atoms with Gasteiger partial charge in [-0.3, -0.25) is 4.68 Å². The second-order valence-electron chi connectivity index (χ2n) is 8.49. The molecule has 170 valence electrons. The summed E-state index contributed by atoms with van der Waals surface area (Å²) in [6, 6.07) is 8.63. The van der Waals surface area contributed by atoms with Crippen LogP contribution < -0.4 is 16.0 Å². The number of rotatable bonds is 4. The van der Waals surface area contributed by atoms with Crippen molar-refractivity contribution in [1.82, 2.24) is 34.7 Å². The molecule has 6 heterocycles. The highest BCUT2D eigenvalue weighted by Crippen LogP contribution is 2.37. The van der Waals surface area contributed by atoms with Crippen LogP contribution in [-0.2, 0) is 4.74 Å². The number of anilines is 2. The number of hydrogen-bond acceptors (Lipinski definition) is 8. The van der Waals surface area contributed by atoms with Crippen molar-refractivity contribution in [2.45, 2.75) is 18.9 Å². The van der Waals surface area contributed by atoms with Gasteiger partial charge in [0, 0.05) is 62.9 Å². The molecule has 2 saturated heterocycles. The first-order valence-corrected chi connectivity index (χ1v) is 11.5. The van der Waals surface area contributed by atoms with E-state index in [1.54, 1.807) is 0 Å². The van der Waals surface area contributed by atoms with Gasteiger partial charge in [0.1, 0.15) is 17.7 Å². The van der Waals surface area contributed by atoms with Gasteiger partial charge in [0.2, 0.25) is 0 Å². The fourth-order valence-corrected chi connectivity index (χ4v) is 4.86. The summed E-state index contributed by atoms with van der Waals surface area (Å²) in [5, 5.41) is 12.6. The number of hydrogen-bond donors (Lipinski definition) is 2. The zero-order valence-corrected chi connectivity index (χ0v) is 18.4. The third-order valence-corrected chi connectivity index (χ3v) is 6.55. The van der Waals surface area contributed by atoms with Crippen LogP contribution in [0, 0.1) is 0 Å². The van der Waals surface area contributed by atoms with Crippen LogP contribution in [0.2, 0.25) is 0 Å². The van der Waals surface area contributed by atoms with E-state index in [-0.39, 0.29) is 0 Å². The molecular weight excluding hydrogens is 418 g/mol. The number of nitrogen functional groups attached to an aromatic ring is 1. The van der Waals surface area contributed by atoms with E-state index >= 15 is 0 Å². The van der Waals surface area contributed by atoms with Crippen LogP contribution in [0.1, 0.15) is 18.9 Å². The van der Waals surface area contributed by atoms with E-state index in [9.17, 15) is 0 Å². The van der Waals surface area contributed by atoms with E-state index in [0.29, 0.717) is 11.9 Å². The van der Waals surface area contributed by atoms with Crippen molar-refractivity contribution in [1.29, 1.82) is 0 Å². The normalized spacial score (nSPS) is 17.6. The second-order valence-corrected chi connectivity index (χ2v) is 8.49. The number of fused-ring (bicyclic) bond motifs is 1. The molecule has 0 spiro atoms. The predicted molar refractivity (Wildman–Crippen MR) is 126 cm³/mol. The van der Waals surface area contributed by atoms with E-state index in [0.717, 1.165) is 86.1 Å². The molecule has 2 aliphatic rings. The first-order valence-electron chi connectivity index (χ1n) is 11.5. The van der Waals surface area contributed by atoms with E-state index in [2.05, 4.69) is 47.2 Å². The largest absolute Gasteiger partial charge is 0.382 e. The van der Waals surface area contributed by atoms with Gasteiger partial charge in [-0.2, -0.15) is 10.2 Å². The number of aromatic nitrogens is 6. The lowest BCUT2D eigenvalue weighted by Gasteiger charge is -2.28. The van der Waals surface area contributed by atoms with Crippen LogP contribution in [0.25, 0.3) is 28.0 Å². The molecule has 0 saturated carbocycles. The SMILES string of the molecule is Nc1ncnn2c(-c3ccnc(N4CCNCC4)c3)cc(-c3ccnn3C3CCOCC3)c12. The quantitative estimate of drug-likeness (QED) is 0.491. The summed E-state index contributed by atoms with van der Waals surface area (Å²) in [4.78, 5) is 11.2. The molecule has 0 atom stereocenters. The third-order valence-electron chi connectivity index (χ3n) is 6.55. The summed E-state index contributed by atoms with van der Waals surface area (Å²) in [5.41, 5.74) is 11.2. The number of pyridine rings is 1. The van der Waals surface area contributed by atoms with Gasteiger partial charge in [-0.25, -0.2) is 14.5 Å². The minimum Gasteiger partial charge on any atom is -0.382 e. The highest BCUT2D eigenvalue weighted by molar-refractivity contribution is 5.91. The van der Waals surface area contributed by atoms with Crippen molar-refractivity contribution in [2.75, 3.05) is 50.0 Å². The van der Waals surface area contributed by atoms with Crippen molar-refractivity contribution in [3.8, 4) is 22.5 Å². The lowest BCUT2D eigenvalue weighted by Crippen LogP contribution is -2.43. The molecule has 33 heavy (non-hydrogen) atoms. The van der Waals surface area contributed by atoms with Crippen molar-refractivity contribution >= 4 is 17.2 Å². The Morgan fingerprint density at radius 2 is 1.82 bits per heavy atom. The molecule has 10 heteroatoms. The van der Waals surface area contributed by atoms with Crippen molar-refractivity contribution in [3.05, 3.63) is 43.0 Å². The summed E-state index contributed by atoms with van der Waals surface area (Å²) >= 11 is 0. The summed E-state index contributed by atoms with van der Waals surface area (Å²) in [5.74, 6) is 1.42. The van der Waals surface area contributed by atoms with Gasteiger partial charge in [-0.05, 0) is 37.1 Å². The van der Waals surface area contributed by atoms with Gasteiger partial charge in [-0.1, -0.05) is 0 Å². The van der Waals surface area contributed by atoms with Gasteiger partial charge in [0.25, 0.3) is 0 Å². The zero-order chi connectivity index (χ0) is 22.2. The van der Waals surface area contributed by atoms with Gasteiger partial charge < -0.3 is 20.7 Å². The fraction of sp³-hybridized carbons (Fsp3) is 0.391. The Labute approximate surface area is 191 Å². The first kappa shape index (κ1) is 20.1. The maximum atomic E-state index is 6.38. The van der Waals surface area contributed by atoms with Crippen molar-refractivity contribution in [2.24, 2.45) is 0 Å².